The Labute approximate surface area is 65.8 Å². The molecule has 0 saturated heterocycles. The molecule has 0 atom stereocenters. The van der Waals surface area contributed by atoms with E-state index >= 15 is 0 Å². The number of nitrogens with one attached hydrogen (secondary N) is 1. The van der Waals surface area contributed by atoms with Crippen molar-refractivity contribution in [2.75, 3.05) is 12.3 Å². The highest BCUT2D eigenvalue weighted by Crippen LogP contribution is 1.79. The molecule has 0 radical (unpaired) electrons. The quantitative estimate of drug-likeness (QED) is 0.559. The van der Waals surface area contributed by atoms with Gasteiger partial charge in [-0.25, -0.2) is 13.1 Å². The molecular formula is C4H10N2O2S2. The van der Waals surface area contributed by atoms with Crippen LogP contribution in [0.3, 0.4) is 0 Å². The predicted molar refractivity (Wildman–Crippen MR) is 44.2 cm³/mol. The van der Waals surface area contributed by atoms with E-state index < -0.39 is 10.0 Å². The summed E-state index contributed by atoms with van der Waals surface area (Å²) >= 11 is 4.46. The highest BCUT2D eigenvalue weighted by molar-refractivity contribution is 7.89. The molecule has 0 fully saturated rings. The summed E-state index contributed by atoms with van der Waals surface area (Å²) in [5.74, 6) is 0.0512. The van der Waals surface area contributed by atoms with E-state index in [2.05, 4.69) is 16.9 Å². The van der Waals surface area contributed by atoms with Gasteiger partial charge in [-0.1, -0.05) is 12.2 Å². The molecule has 0 aromatic rings. The minimum absolute atomic E-state index is 0.0471. The van der Waals surface area contributed by atoms with E-state index in [0.717, 1.165) is 0 Å². The van der Waals surface area contributed by atoms with Gasteiger partial charge in [-0.2, -0.15) is 0 Å². The van der Waals surface area contributed by atoms with Gasteiger partial charge in [0.1, 0.15) is 0 Å². The molecule has 10 heavy (non-hydrogen) atoms. The topological polar surface area (TPSA) is 72.2 Å². The summed E-state index contributed by atoms with van der Waals surface area (Å²) in [5.41, 5.74) is 5.06. The molecule has 0 unspecified atom stereocenters. The van der Waals surface area contributed by atoms with Gasteiger partial charge in [0.15, 0.2) is 0 Å². The maximum absolute atomic E-state index is 10.7. The molecule has 60 valence electrons. The summed E-state index contributed by atoms with van der Waals surface area (Å²) in [5, 5.41) is 0. The highest BCUT2D eigenvalue weighted by Gasteiger charge is 2.04. The lowest BCUT2D eigenvalue weighted by Crippen LogP contribution is -2.33. The molecule has 0 aromatic carbocycles. The first-order valence-corrected chi connectivity index (χ1v) is 4.79. The summed E-state index contributed by atoms with van der Waals surface area (Å²) in [4.78, 5) is 0.150. The van der Waals surface area contributed by atoms with Crippen molar-refractivity contribution in [1.82, 2.24) is 4.72 Å². The van der Waals surface area contributed by atoms with Gasteiger partial charge in [0.05, 0.1) is 17.3 Å². The first-order chi connectivity index (χ1) is 4.48. The Hall–Kier alpha value is -0.200. The molecule has 0 aliphatic heterocycles. The van der Waals surface area contributed by atoms with Gasteiger partial charge in [-0.3, -0.25) is 0 Å². The zero-order valence-corrected chi connectivity index (χ0v) is 7.26. The van der Waals surface area contributed by atoms with E-state index in [-0.39, 0.29) is 17.3 Å². The van der Waals surface area contributed by atoms with Crippen molar-refractivity contribution < 1.29 is 8.42 Å². The van der Waals surface area contributed by atoms with Crippen molar-refractivity contribution in [3.05, 3.63) is 0 Å². The highest BCUT2D eigenvalue weighted by atomic mass is 32.2. The normalized spacial score (nSPS) is 11.3. The number of sulfonamides is 1. The first kappa shape index (κ1) is 9.80. The van der Waals surface area contributed by atoms with Crippen LogP contribution in [0.15, 0.2) is 0 Å². The molecule has 6 heteroatoms. The number of hydrogen-bond donors (Lipinski definition) is 2. The third-order valence-corrected chi connectivity index (χ3v) is 2.33. The fraction of sp³-hybridized carbons (Fsp3) is 0.750. The Morgan fingerprint density at radius 1 is 1.70 bits per heavy atom. The molecule has 0 bridgehead atoms. The second kappa shape index (κ2) is 3.85. The molecule has 0 amide bonds. The molecule has 3 N–H and O–H groups in total. The molecule has 0 rings (SSSR count). The Morgan fingerprint density at radius 3 is 2.50 bits per heavy atom. The smallest absolute Gasteiger partial charge is 0.211 e. The fourth-order valence-electron chi connectivity index (χ4n) is 0.283. The van der Waals surface area contributed by atoms with Crippen LogP contribution in [-0.4, -0.2) is 25.7 Å². The summed E-state index contributed by atoms with van der Waals surface area (Å²) in [6.45, 7) is 1.59. The Bertz CT molecular complexity index is 209. The Kier molecular flexibility index (Phi) is 3.77. The van der Waals surface area contributed by atoms with Crippen LogP contribution in [-0.2, 0) is 10.0 Å². The van der Waals surface area contributed by atoms with Gasteiger partial charge in [-0.15, -0.1) is 0 Å². The third kappa shape index (κ3) is 4.66. The summed E-state index contributed by atoms with van der Waals surface area (Å²) < 4.78 is 23.6. The van der Waals surface area contributed by atoms with Crippen LogP contribution < -0.4 is 10.5 Å². The lowest BCUT2D eigenvalue weighted by atomic mass is 10.7. The average Bonchev–Trinajstić information content (AvgIpc) is 1.85. The van der Waals surface area contributed by atoms with Gasteiger partial charge >= 0.3 is 0 Å². The van der Waals surface area contributed by atoms with Crippen molar-refractivity contribution in [2.45, 2.75) is 6.92 Å². The summed E-state index contributed by atoms with van der Waals surface area (Å²) in [6.07, 6.45) is 0. The maximum atomic E-state index is 10.7. The Morgan fingerprint density at radius 2 is 2.20 bits per heavy atom. The van der Waals surface area contributed by atoms with Crippen LogP contribution in [0.25, 0.3) is 0 Å². The van der Waals surface area contributed by atoms with E-state index in [1.54, 1.807) is 6.92 Å². The van der Waals surface area contributed by atoms with E-state index in [1.807, 2.05) is 0 Å². The molecule has 0 aliphatic carbocycles. The van der Waals surface area contributed by atoms with Crippen LogP contribution in [0, 0.1) is 0 Å². The van der Waals surface area contributed by atoms with Gasteiger partial charge in [-0.05, 0) is 6.92 Å². The first-order valence-electron chi connectivity index (χ1n) is 2.73. The second-order valence-electron chi connectivity index (χ2n) is 1.69. The molecule has 0 aliphatic rings. The largest absolute Gasteiger partial charge is 0.392 e. The van der Waals surface area contributed by atoms with E-state index in [9.17, 15) is 8.42 Å². The standard InChI is InChI=1S/C4H10N2O2S2/c1-2-10(7,8)6-3-4(5)9/h6H,2-3H2,1H3,(H2,5,9). The van der Waals surface area contributed by atoms with Crippen LogP contribution in [0.5, 0.6) is 0 Å². The minimum Gasteiger partial charge on any atom is -0.392 e. The summed E-state index contributed by atoms with van der Waals surface area (Å²) in [6, 6.07) is 0. The monoisotopic (exact) mass is 182 g/mol. The molecule has 0 aromatic heterocycles. The maximum Gasteiger partial charge on any atom is 0.211 e. The van der Waals surface area contributed by atoms with Gasteiger partial charge in [0, 0.05) is 0 Å². The van der Waals surface area contributed by atoms with Crippen LogP contribution >= 0.6 is 12.2 Å². The van der Waals surface area contributed by atoms with E-state index in [4.69, 9.17) is 5.73 Å². The van der Waals surface area contributed by atoms with Crippen LogP contribution in [0.4, 0.5) is 0 Å². The number of thiocarbonyl (C=S) groups is 1. The minimum atomic E-state index is -3.13. The van der Waals surface area contributed by atoms with Crippen molar-refractivity contribution >= 4 is 27.2 Å². The SMILES string of the molecule is CCS(=O)(=O)NCC(N)=S. The molecule has 0 heterocycles. The zero-order chi connectivity index (χ0) is 8.20. The van der Waals surface area contributed by atoms with Crippen LogP contribution in [0.2, 0.25) is 0 Å². The third-order valence-electron chi connectivity index (χ3n) is 0.846. The van der Waals surface area contributed by atoms with Gasteiger partial charge in [0.2, 0.25) is 10.0 Å². The van der Waals surface area contributed by atoms with Gasteiger partial charge < -0.3 is 5.73 Å². The molecule has 0 spiro atoms. The van der Waals surface area contributed by atoms with Crippen LogP contribution in [0.1, 0.15) is 6.92 Å². The molecule has 4 nitrogen and oxygen atoms in total. The van der Waals surface area contributed by atoms with E-state index in [1.165, 1.54) is 0 Å². The van der Waals surface area contributed by atoms with Crippen molar-refractivity contribution in [3.63, 3.8) is 0 Å². The summed E-state index contributed by atoms with van der Waals surface area (Å²) in [7, 11) is -3.13. The second-order valence-corrected chi connectivity index (χ2v) is 4.31. The lowest BCUT2D eigenvalue weighted by Gasteiger charge is -2.00. The fourth-order valence-corrected chi connectivity index (χ4v) is 1.03. The van der Waals surface area contributed by atoms with Crippen molar-refractivity contribution in [2.24, 2.45) is 5.73 Å². The number of nitrogens with two attached hydrogens (primary N) is 1. The Balaban J connectivity index is 3.81. The molecular weight excluding hydrogens is 172 g/mol. The lowest BCUT2D eigenvalue weighted by molar-refractivity contribution is 0.587. The zero-order valence-electron chi connectivity index (χ0n) is 5.62. The van der Waals surface area contributed by atoms with Crippen molar-refractivity contribution in [1.29, 1.82) is 0 Å². The van der Waals surface area contributed by atoms with E-state index in [0.29, 0.717) is 0 Å². The van der Waals surface area contributed by atoms with Gasteiger partial charge in [0.25, 0.3) is 0 Å². The molecule has 0 saturated carbocycles. The number of rotatable bonds is 4. The average molecular weight is 182 g/mol. The van der Waals surface area contributed by atoms with Crippen molar-refractivity contribution in [3.8, 4) is 0 Å². The predicted octanol–water partition coefficient (Wildman–Crippen LogP) is -0.788. The number of hydrogen-bond acceptors (Lipinski definition) is 3.